The Kier molecular flexibility index (Phi) is 4.69. The summed E-state index contributed by atoms with van der Waals surface area (Å²) in [6.45, 7) is 1.60. The van der Waals surface area contributed by atoms with Crippen LogP contribution >= 0.6 is 0 Å². The molecule has 0 aliphatic heterocycles. The van der Waals surface area contributed by atoms with Gasteiger partial charge in [0.25, 0.3) is 0 Å². The number of aromatic nitrogens is 4. The first-order valence-electron chi connectivity index (χ1n) is 8.55. The predicted molar refractivity (Wildman–Crippen MR) is 102 cm³/mol. The molecule has 26 heavy (non-hydrogen) atoms. The minimum atomic E-state index is 0.800. The quantitative estimate of drug-likeness (QED) is 0.534. The Labute approximate surface area is 152 Å². The first-order valence-corrected chi connectivity index (χ1v) is 8.55. The van der Waals surface area contributed by atoms with Gasteiger partial charge in [0.05, 0.1) is 11.4 Å². The van der Waals surface area contributed by atoms with Crippen LogP contribution in [0.25, 0.3) is 5.69 Å². The van der Waals surface area contributed by atoms with Crippen molar-refractivity contribution in [2.24, 2.45) is 0 Å². The highest BCUT2D eigenvalue weighted by molar-refractivity contribution is 5.62. The highest BCUT2D eigenvalue weighted by Crippen LogP contribution is 2.26. The smallest absolute Gasteiger partial charge is 0.143 e. The summed E-state index contributed by atoms with van der Waals surface area (Å²) in [5, 5.41) is 11.6. The van der Waals surface area contributed by atoms with E-state index in [0.717, 1.165) is 24.5 Å². The summed E-state index contributed by atoms with van der Waals surface area (Å²) in [6, 6.07) is 29.2. The normalized spacial score (nSPS) is 10.6. The van der Waals surface area contributed by atoms with Gasteiger partial charge in [0.15, 0.2) is 0 Å². The van der Waals surface area contributed by atoms with E-state index in [1.54, 1.807) is 11.0 Å². The van der Waals surface area contributed by atoms with Gasteiger partial charge in [-0.2, -0.15) is 4.68 Å². The molecule has 0 aliphatic carbocycles. The minimum Gasteiger partial charge on any atom is -0.361 e. The molecule has 3 aromatic carbocycles. The second-order valence-corrected chi connectivity index (χ2v) is 6.07. The average molecular weight is 341 g/mol. The van der Waals surface area contributed by atoms with Gasteiger partial charge in [0.1, 0.15) is 6.33 Å². The fourth-order valence-corrected chi connectivity index (χ4v) is 3.03. The molecule has 5 heteroatoms. The van der Waals surface area contributed by atoms with Gasteiger partial charge >= 0.3 is 0 Å². The highest BCUT2D eigenvalue weighted by Gasteiger charge is 2.14. The number of para-hydroxylation sites is 2. The van der Waals surface area contributed by atoms with Gasteiger partial charge in [-0.15, -0.1) is 5.10 Å². The third-order valence-corrected chi connectivity index (χ3v) is 4.25. The number of hydrogen-bond donors (Lipinski definition) is 0. The lowest BCUT2D eigenvalue weighted by Crippen LogP contribution is -2.23. The Balaban J connectivity index is 1.73. The van der Waals surface area contributed by atoms with Crippen LogP contribution in [0.15, 0.2) is 91.3 Å². The van der Waals surface area contributed by atoms with Crippen molar-refractivity contribution in [3.63, 3.8) is 0 Å². The molecule has 0 radical (unpaired) electrons. The van der Waals surface area contributed by atoms with Crippen LogP contribution in [0.3, 0.4) is 0 Å². The van der Waals surface area contributed by atoms with Crippen LogP contribution in [0.2, 0.25) is 0 Å². The summed E-state index contributed by atoms with van der Waals surface area (Å²) in [5.41, 5.74) is 4.57. The Hall–Kier alpha value is -3.47. The van der Waals surface area contributed by atoms with Crippen LogP contribution in [0.5, 0.6) is 0 Å². The summed E-state index contributed by atoms with van der Waals surface area (Å²) < 4.78 is 1.71. The summed E-state index contributed by atoms with van der Waals surface area (Å²) in [7, 11) is 0. The third kappa shape index (κ3) is 3.62. The van der Waals surface area contributed by atoms with E-state index in [1.165, 1.54) is 11.1 Å². The molecule has 0 amide bonds. The molecular formula is C21H19N5. The predicted octanol–water partition coefficient (Wildman–Crippen LogP) is 3.87. The van der Waals surface area contributed by atoms with Crippen LogP contribution < -0.4 is 4.90 Å². The van der Waals surface area contributed by atoms with Gasteiger partial charge in [-0.3, -0.25) is 0 Å². The van der Waals surface area contributed by atoms with Crippen molar-refractivity contribution in [1.82, 2.24) is 20.2 Å². The first kappa shape index (κ1) is 16.0. The van der Waals surface area contributed by atoms with E-state index in [1.807, 2.05) is 30.3 Å². The first-order chi connectivity index (χ1) is 12.9. The largest absolute Gasteiger partial charge is 0.361 e. The van der Waals surface area contributed by atoms with Crippen molar-refractivity contribution in [2.45, 2.75) is 13.1 Å². The molecule has 5 nitrogen and oxygen atoms in total. The molecule has 4 aromatic rings. The Morgan fingerprint density at radius 2 is 1.27 bits per heavy atom. The van der Waals surface area contributed by atoms with E-state index >= 15 is 0 Å². The highest BCUT2D eigenvalue weighted by atomic mass is 15.5. The SMILES string of the molecule is c1ccc(CN(Cc2ccccc2)c2ccccc2-n2cnnn2)cc1. The number of rotatable bonds is 6. The molecular weight excluding hydrogens is 322 g/mol. The summed E-state index contributed by atoms with van der Waals surface area (Å²) in [6.07, 6.45) is 1.63. The van der Waals surface area contributed by atoms with Crippen LogP contribution in [-0.4, -0.2) is 20.2 Å². The van der Waals surface area contributed by atoms with E-state index in [-0.39, 0.29) is 0 Å². The van der Waals surface area contributed by atoms with E-state index < -0.39 is 0 Å². The third-order valence-electron chi connectivity index (χ3n) is 4.25. The molecule has 0 atom stereocenters. The molecule has 0 fully saturated rings. The van der Waals surface area contributed by atoms with Crippen molar-refractivity contribution < 1.29 is 0 Å². The maximum atomic E-state index is 4.07. The number of benzene rings is 3. The molecule has 0 saturated heterocycles. The molecule has 4 rings (SSSR count). The van der Waals surface area contributed by atoms with E-state index in [2.05, 4.69) is 75.0 Å². The van der Waals surface area contributed by atoms with Gasteiger partial charge in [0, 0.05) is 13.1 Å². The second-order valence-electron chi connectivity index (χ2n) is 6.07. The standard InChI is InChI=1S/C21H19N5/c1-3-9-18(10-4-1)15-25(16-19-11-5-2-6-12-19)20-13-7-8-14-21(20)26-17-22-23-24-26/h1-14,17H,15-16H2. The number of hydrogen-bond acceptors (Lipinski definition) is 4. The number of tetrazole rings is 1. The molecule has 0 bridgehead atoms. The van der Waals surface area contributed by atoms with E-state index in [0.29, 0.717) is 0 Å². The zero-order valence-corrected chi connectivity index (χ0v) is 14.3. The van der Waals surface area contributed by atoms with Gasteiger partial charge < -0.3 is 4.90 Å². The van der Waals surface area contributed by atoms with Crippen molar-refractivity contribution in [3.05, 3.63) is 102 Å². The van der Waals surface area contributed by atoms with Gasteiger partial charge in [-0.05, 0) is 33.7 Å². The summed E-state index contributed by atoms with van der Waals surface area (Å²) >= 11 is 0. The number of nitrogens with zero attached hydrogens (tertiary/aromatic N) is 5. The van der Waals surface area contributed by atoms with Gasteiger partial charge in [0.2, 0.25) is 0 Å². The molecule has 1 aromatic heterocycles. The second kappa shape index (κ2) is 7.61. The van der Waals surface area contributed by atoms with Crippen LogP contribution in [0.4, 0.5) is 5.69 Å². The van der Waals surface area contributed by atoms with Crippen molar-refractivity contribution in [3.8, 4) is 5.69 Å². The lowest BCUT2D eigenvalue weighted by Gasteiger charge is -2.27. The average Bonchev–Trinajstić information content (AvgIpc) is 3.24. The maximum absolute atomic E-state index is 4.07. The number of anilines is 1. The fourth-order valence-electron chi connectivity index (χ4n) is 3.03. The molecule has 0 spiro atoms. The monoisotopic (exact) mass is 341 g/mol. The molecule has 0 N–H and O–H groups in total. The Bertz CT molecular complexity index is 895. The van der Waals surface area contributed by atoms with E-state index in [9.17, 15) is 0 Å². The van der Waals surface area contributed by atoms with Crippen LogP contribution in [-0.2, 0) is 13.1 Å². The van der Waals surface area contributed by atoms with Gasteiger partial charge in [-0.1, -0.05) is 72.8 Å². The molecule has 1 heterocycles. The van der Waals surface area contributed by atoms with Crippen molar-refractivity contribution in [1.29, 1.82) is 0 Å². The van der Waals surface area contributed by atoms with Crippen molar-refractivity contribution >= 4 is 5.69 Å². The zero-order chi connectivity index (χ0) is 17.6. The Morgan fingerprint density at radius 1 is 0.692 bits per heavy atom. The summed E-state index contributed by atoms with van der Waals surface area (Å²) in [4.78, 5) is 2.35. The van der Waals surface area contributed by atoms with Crippen molar-refractivity contribution in [2.75, 3.05) is 4.90 Å². The van der Waals surface area contributed by atoms with E-state index in [4.69, 9.17) is 0 Å². The molecule has 0 saturated carbocycles. The minimum absolute atomic E-state index is 0.800. The lowest BCUT2D eigenvalue weighted by atomic mass is 10.1. The zero-order valence-electron chi connectivity index (χ0n) is 14.3. The lowest BCUT2D eigenvalue weighted by molar-refractivity contribution is 0.761. The topological polar surface area (TPSA) is 46.8 Å². The summed E-state index contributed by atoms with van der Waals surface area (Å²) in [5.74, 6) is 0. The fraction of sp³-hybridized carbons (Fsp3) is 0.0952. The van der Waals surface area contributed by atoms with Crippen LogP contribution in [0, 0.1) is 0 Å². The molecule has 0 unspecified atom stereocenters. The maximum Gasteiger partial charge on any atom is 0.143 e. The molecule has 0 aliphatic rings. The molecule has 128 valence electrons. The van der Waals surface area contributed by atoms with Gasteiger partial charge in [-0.25, -0.2) is 0 Å². The Morgan fingerprint density at radius 3 is 1.85 bits per heavy atom. The van der Waals surface area contributed by atoms with Crippen LogP contribution in [0.1, 0.15) is 11.1 Å².